The highest BCUT2D eigenvalue weighted by molar-refractivity contribution is 7.09. The maximum absolute atomic E-state index is 12.2. The molecule has 1 aliphatic heterocycles. The molecule has 0 spiro atoms. The third-order valence-electron chi connectivity index (χ3n) is 3.38. The van der Waals surface area contributed by atoms with E-state index >= 15 is 0 Å². The van der Waals surface area contributed by atoms with E-state index in [1.54, 1.807) is 11.3 Å². The van der Waals surface area contributed by atoms with Crippen molar-refractivity contribution >= 4 is 29.7 Å². The van der Waals surface area contributed by atoms with Crippen LogP contribution in [0.5, 0.6) is 0 Å². The smallest absolute Gasteiger partial charge is 0.236 e. The largest absolute Gasteiger partial charge is 0.340 e. The lowest BCUT2D eigenvalue weighted by Crippen LogP contribution is -2.52. The third kappa shape index (κ3) is 4.76. The Bertz CT molecular complexity index is 385. The molecule has 6 heteroatoms. The van der Waals surface area contributed by atoms with Crippen LogP contribution in [0.4, 0.5) is 0 Å². The number of piperazine rings is 1. The first-order chi connectivity index (χ1) is 8.66. The summed E-state index contributed by atoms with van der Waals surface area (Å²) in [5.41, 5.74) is 0. The fraction of sp³-hybridized carbons (Fsp3) is 0.615. The van der Waals surface area contributed by atoms with E-state index in [-0.39, 0.29) is 18.3 Å². The van der Waals surface area contributed by atoms with Crippen LogP contribution in [-0.4, -0.2) is 55.0 Å². The summed E-state index contributed by atoms with van der Waals surface area (Å²) in [7, 11) is 1.88. The normalized spacial score (nSPS) is 19.8. The van der Waals surface area contributed by atoms with Crippen molar-refractivity contribution in [3.63, 3.8) is 0 Å². The lowest BCUT2D eigenvalue weighted by Gasteiger charge is -2.34. The van der Waals surface area contributed by atoms with Gasteiger partial charge in [-0.15, -0.1) is 23.7 Å². The maximum atomic E-state index is 12.2. The Kier molecular flexibility index (Phi) is 6.79. The standard InChI is InChI=1S/C13H21N3OS.ClH/c1-11-8-14-5-6-16(11)10-13(17)15(2)9-12-4-3-7-18-12;/h3-4,7,11,14H,5-6,8-10H2,1-2H3;1H/t11-;/m1./s1. The number of likely N-dealkylation sites (N-methyl/N-ethyl adjacent to an activating group) is 1. The van der Waals surface area contributed by atoms with Crippen molar-refractivity contribution in [2.45, 2.75) is 19.5 Å². The molecular formula is C13H22ClN3OS. The Morgan fingerprint density at radius 1 is 1.63 bits per heavy atom. The molecular weight excluding hydrogens is 282 g/mol. The van der Waals surface area contributed by atoms with Gasteiger partial charge < -0.3 is 10.2 Å². The highest BCUT2D eigenvalue weighted by Gasteiger charge is 2.21. The first kappa shape index (κ1) is 16.4. The second-order valence-corrected chi connectivity index (χ2v) is 5.89. The SMILES string of the molecule is C[C@@H]1CNCCN1CC(=O)N(C)Cc1cccs1.Cl. The quantitative estimate of drug-likeness (QED) is 0.914. The van der Waals surface area contributed by atoms with Gasteiger partial charge in [-0.3, -0.25) is 9.69 Å². The summed E-state index contributed by atoms with van der Waals surface area (Å²) in [5.74, 6) is 0.206. The molecule has 1 aromatic heterocycles. The fourth-order valence-corrected chi connectivity index (χ4v) is 2.89. The summed E-state index contributed by atoms with van der Waals surface area (Å²) in [4.78, 5) is 17.5. The zero-order valence-corrected chi connectivity index (χ0v) is 13.1. The molecule has 0 radical (unpaired) electrons. The van der Waals surface area contributed by atoms with Crippen LogP contribution >= 0.6 is 23.7 Å². The van der Waals surface area contributed by atoms with Crippen LogP contribution in [0.2, 0.25) is 0 Å². The molecule has 0 unspecified atom stereocenters. The fourth-order valence-electron chi connectivity index (χ4n) is 2.14. The van der Waals surface area contributed by atoms with Crippen LogP contribution in [0.3, 0.4) is 0 Å². The van der Waals surface area contributed by atoms with Gasteiger partial charge in [0.1, 0.15) is 0 Å². The highest BCUT2D eigenvalue weighted by atomic mass is 35.5. The molecule has 1 atom stereocenters. The number of carbonyl (C=O) groups is 1. The molecule has 2 rings (SSSR count). The lowest BCUT2D eigenvalue weighted by molar-refractivity contribution is -0.132. The lowest BCUT2D eigenvalue weighted by atomic mass is 10.2. The summed E-state index contributed by atoms with van der Waals surface area (Å²) in [6.07, 6.45) is 0. The van der Waals surface area contributed by atoms with Crippen molar-refractivity contribution < 1.29 is 4.79 Å². The molecule has 19 heavy (non-hydrogen) atoms. The van der Waals surface area contributed by atoms with Crippen LogP contribution in [0.1, 0.15) is 11.8 Å². The van der Waals surface area contributed by atoms with E-state index in [2.05, 4.69) is 23.2 Å². The van der Waals surface area contributed by atoms with Crippen LogP contribution in [0.25, 0.3) is 0 Å². The van der Waals surface area contributed by atoms with E-state index in [9.17, 15) is 4.79 Å². The third-order valence-corrected chi connectivity index (χ3v) is 4.24. The second-order valence-electron chi connectivity index (χ2n) is 4.85. The van der Waals surface area contributed by atoms with Gasteiger partial charge in [-0.25, -0.2) is 0 Å². The number of halogens is 1. The number of hydrogen-bond acceptors (Lipinski definition) is 4. The zero-order valence-electron chi connectivity index (χ0n) is 11.5. The Morgan fingerprint density at radius 2 is 2.42 bits per heavy atom. The topological polar surface area (TPSA) is 35.6 Å². The van der Waals surface area contributed by atoms with Crippen LogP contribution in [0.15, 0.2) is 17.5 Å². The van der Waals surface area contributed by atoms with E-state index in [0.717, 1.165) is 26.2 Å². The van der Waals surface area contributed by atoms with Crippen LogP contribution in [0, 0.1) is 0 Å². The molecule has 1 N–H and O–H groups in total. The van der Waals surface area contributed by atoms with Crippen molar-refractivity contribution in [1.82, 2.24) is 15.1 Å². The molecule has 0 aliphatic carbocycles. The van der Waals surface area contributed by atoms with Crippen molar-refractivity contribution in [2.24, 2.45) is 0 Å². The summed E-state index contributed by atoms with van der Waals surface area (Å²) >= 11 is 1.70. The Morgan fingerprint density at radius 3 is 3.05 bits per heavy atom. The minimum atomic E-state index is 0. The Hall–Kier alpha value is -0.620. The van der Waals surface area contributed by atoms with Crippen LogP contribution < -0.4 is 5.32 Å². The number of nitrogens with one attached hydrogen (secondary N) is 1. The van der Waals surface area contributed by atoms with Gasteiger partial charge in [0, 0.05) is 37.6 Å². The van der Waals surface area contributed by atoms with Gasteiger partial charge in [0.05, 0.1) is 13.1 Å². The van der Waals surface area contributed by atoms with Crippen molar-refractivity contribution in [3.05, 3.63) is 22.4 Å². The Balaban J connectivity index is 0.00000180. The minimum Gasteiger partial charge on any atom is -0.340 e. The molecule has 1 fully saturated rings. The van der Waals surface area contributed by atoms with Gasteiger partial charge in [0.25, 0.3) is 0 Å². The van der Waals surface area contributed by atoms with E-state index in [0.29, 0.717) is 12.6 Å². The zero-order chi connectivity index (χ0) is 13.0. The molecule has 1 aromatic rings. The van der Waals surface area contributed by atoms with Gasteiger partial charge >= 0.3 is 0 Å². The number of amides is 1. The number of carbonyl (C=O) groups excluding carboxylic acids is 1. The Labute approximate surface area is 125 Å². The minimum absolute atomic E-state index is 0. The molecule has 0 aromatic carbocycles. The first-order valence-electron chi connectivity index (χ1n) is 6.38. The molecule has 1 amide bonds. The molecule has 4 nitrogen and oxygen atoms in total. The summed E-state index contributed by atoms with van der Waals surface area (Å²) in [6, 6.07) is 4.54. The maximum Gasteiger partial charge on any atom is 0.236 e. The van der Waals surface area contributed by atoms with Crippen molar-refractivity contribution in [2.75, 3.05) is 33.2 Å². The average molecular weight is 304 g/mol. The second kappa shape index (κ2) is 7.85. The molecule has 0 saturated carbocycles. The predicted octanol–water partition coefficient (Wildman–Crippen LogP) is 1.42. The monoisotopic (exact) mass is 303 g/mol. The molecule has 1 aliphatic rings. The first-order valence-corrected chi connectivity index (χ1v) is 7.26. The highest BCUT2D eigenvalue weighted by Crippen LogP contribution is 2.11. The number of thiophene rings is 1. The van der Waals surface area contributed by atoms with Gasteiger partial charge in [-0.05, 0) is 18.4 Å². The molecule has 2 heterocycles. The average Bonchev–Trinajstić information content (AvgIpc) is 2.84. The number of hydrogen-bond donors (Lipinski definition) is 1. The molecule has 108 valence electrons. The number of rotatable bonds is 4. The van der Waals surface area contributed by atoms with E-state index < -0.39 is 0 Å². The predicted molar refractivity (Wildman–Crippen MR) is 81.9 cm³/mol. The summed E-state index contributed by atoms with van der Waals surface area (Å²) in [6.45, 7) is 6.33. The van der Waals surface area contributed by atoms with Crippen molar-refractivity contribution in [3.8, 4) is 0 Å². The van der Waals surface area contributed by atoms with Gasteiger partial charge in [-0.1, -0.05) is 6.07 Å². The van der Waals surface area contributed by atoms with E-state index in [1.807, 2.05) is 23.4 Å². The van der Waals surface area contributed by atoms with Gasteiger partial charge in [0.15, 0.2) is 0 Å². The van der Waals surface area contributed by atoms with Gasteiger partial charge in [0.2, 0.25) is 5.91 Å². The summed E-state index contributed by atoms with van der Waals surface area (Å²) < 4.78 is 0. The van der Waals surface area contributed by atoms with E-state index in [4.69, 9.17) is 0 Å². The van der Waals surface area contributed by atoms with Crippen molar-refractivity contribution in [1.29, 1.82) is 0 Å². The van der Waals surface area contributed by atoms with Crippen LogP contribution in [-0.2, 0) is 11.3 Å². The number of nitrogens with zero attached hydrogens (tertiary/aromatic N) is 2. The summed E-state index contributed by atoms with van der Waals surface area (Å²) in [5, 5.41) is 5.39. The molecule has 0 bridgehead atoms. The van der Waals surface area contributed by atoms with E-state index in [1.165, 1.54) is 4.88 Å². The van der Waals surface area contributed by atoms with Gasteiger partial charge in [-0.2, -0.15) is 0 Å². The molecule has 1 saturated heterocycles.